The van der Waals surface area contributed by atoms with Gasteiger partial charge in [-0.1, -0.05) is 48.0 Å². The molecule has 2 aromatic carbocycles. The van der Waals surface area contributed by atoms with Crippen molar-refractivity contribution >= 4 is 39.9 Å². The minimum Gasteiger partial charge on any atom is -0.352 e. The number of nitrogens with zero attached hydrogens (tertiary/aromatic N) is 1. The molecule has 0 atom stereocenters. The lowest BCUT2D eigenvalue weighted by molar-refractivity contribution is -0.119. The molecule has 0 aliphatic rings. The van der Waals surface area contributed by atoms with Gasteiger partial charge in [0.15, 0.2) is 5.13 Å². The predicted octanol–water partition coefficient (Wildman–Crippen LogP) is 4.98. The van der Waals surface area contributed by atoms with Gasteiger partial charge in [0.2, 0.25) is 11.8 Å². The number of carbonyl (C=O) groups excluding carboxylic acids is 2. The van der Waals surface area contributed by atoms with Crippen LogP contribution in [-0.2, 0) is 22.6 Å². The van der Waals surface area contributed by atoms with E-state index in [1.54, 1.807) is 0 Å². The summed E-state index contributed by atoms with van der Waals surface area (Å²) in [7, 11) is 0. The van der Waals surface area contributed by atoms with Crippen LogP contribution in [0.5, 0.6) is 0 Å². The molecular formula is C22H22ClN3O2S. The SMILES string of the molecule is CC(=O)NCc1ccc(-c2csc(NC(=O)CCc3ccc(C)c(Cl)c3)n2)cc1. The van der Waals surface area contributed by atoms with E-state index in [2.05, 4.69) is 15.6 Å². The first kappa shape index (κ1) is 21.0. The Labute approximate surface area is 179 Å². The molecule has 1 heterocycles. The Bertz CT molecular complexity index is 1020. The van der Waals surface area contributed by atoms with Crippen LogP contribution in [-0.4, -0.2) is 16.8 Å². The minimum absolute atomic E-state index is 0.0561. The summed E-state index contributed by atoms with van der Waals surface area (Å²) < 4.78 is 0. The second kappa shape index (κ2) is 9.67. The lowest BCUT2D eigenvalue weighted by atomic mass is 10.1. The van der Waals surface area contributed by atoms with Crippen LogP contribution in [0.15, 0.2) is 47.8 Å². The molecule has 0 fully saturated rings. The van der Waals surface area contributed by atoms with Crippen LogP contribution in [0.3, 0.4) is 0 Å². The van der Waals surface area contributed by atoms with E-state index in [1.165, 1.54) is 18.3 Å². The third-order valence-electron chi connectivity index (χ3n) is 4.42. The number of aromatic nitrogens is 1. The van der Waals surface area contributed by atoms with Gasteiger partial charge in [-0.25, -0.2) is 4.98 Å². The van der Waals surface area contributed by atoms with E-state index in [4.69, 9.17) is 11.6 Å². The molecule has 0 spiro atoms. The van der Waals surface area contributed by atoms with Gasteiger partial charge in [0.1, 0.15) is 0 Å². The fraction of sp³-hybridized carbons (Fsp3) is 0.227. The quantitative estimate of drug-likeness (QED) is 0.558. The highest BCUT2D eigenvalue weighted by Gasteiger charge is 2.09. The summed E-state index contributed by atoms with van der Waals surface area (Å²) in [5.74, 6) is -0.132. The summed E-state index contributed by atoms with van der Waals surface area (Å²) >= 11 is 7.53. The average Bonchev–Trinajstić information content (AvgIpc) is 3.16. The summed E-state index contributed by atoms with van der Waals surface area (Å²) in [5.41, 5.74) is 4.85. The lowest BCUT2D eigenvalue weighted by Crippen LogP contribution is -2.18. The molecule has 0 radical (unpaired) electrons. The van der Waals surface area contributed by atoms with Crippen molar-refractivity contribution in [2.75, 3.05) is 5.32 Å². The van der Waals surface area contributed by atoms with Crippen LogP contribution in [0.25, 0.3) is 11.3 Å². The van der Waals surface area contributed by atoms with E-state index in [0.717, 1.165) is 33.0 Å². The van der Waals surface area contributed by atoms with Gasteiger partial charge in [-0.3, -0.25) is 9.59 Å². The highest BCUT2D eigenvalue weighted by atomic mass is 35.5. The Morgan fingerprint density at radius 2 is 1.83 bits per heavy atom. The largest absolute Gasteiger partial charge is 0.352 e. The third-order valence-corrected chi connectivity index (χ3v) is 5.58. The number of aryl methyl sites for hydroxylation is 2. The predicted molar refractivity (Wildman–Crippen MR) is 118 cm³/mol. The van der Waals surface area contributed by atoms with Crippen LogP contribution in [0.2, 0.25) is 5.02 Å². The maximum atomic E-state index is 12.2. The Balaban J connectivity index is 1.54. The van der Waals surface area contributed by atoms with Crippen molar-refractivity contribution < 1.29 is 9.59 Å². The van der Waals surface area contributed by atoms with Crippen LogP contribution in [0.1, 0.15) is 30.0 Å². The third kappa shape index (κ3) is 6.14. The normalized spacial score (nSPS) is 10.6. The number of rotatable bonds is 7. The second-order valence-electron chi connectivity index (χ2n) is 6.78. The monoisotopic (exact) mass is 427 g/mol. The number of amides is 2. The van der Waals surface area contributed by atoms with Gasteiger partial charge in [-0.05, 0) is 36.1 Å². The maximum Gasteiger partial charge on any atom is 0.226 e. The number of hydrogen-bond donors (Lipinski definition) is 2. The molecule has 0 unspecified atom stereocenters. The molecule has 5 nitrogen and oxygen atoms in total. The number of benzene rings is 2. The lowest BCUT2D eigenvalue weighted by Gasteiger charge is -2.05. The zero-order valence-electron chi connectivity index (χ0n) is 16.3. The first-order valence-electron chi connectivity index (χ1n) is 9.25. The molecule has 1 aromatic heterocycles. The van der Waals surface area contributed by atoms with Crippen molar-refractivity contribution in [3.05, 3.63) is 69.6 Å². The van der Waals surface area contributed by atoms with Gasteiger partial charge in [0, 0.05) is 35.9 Å². The molecule has 0 aliphatic carbocycles. The molecule has 150 valence electrons. The molecule has 2 N–H and O–H groups in total. The van der Waals surface area contributed by atoms with Crippen molar-refractivity contribution in [1.29, 1.82) is 0 Å². The summed E-state index contributed by atoms with van der Waals surface area (Å²) in [4.78, 5) is 27.7. The number of nitrogens with one attached hydrogen (secondary N) is 2. The molecular weight excluding hydrogens is 406 g/mol. The van der Waals surface area contributed by atoms with E-state index in [1.807, 2.05) is 54.8 Å². The van der Waals surface area contributed by atoms with Gasteiger partial charge < -0.3 is 10.6 Å². The average molecular weight is 428 g/mol. The molecule has 0 saturated carbocycles. The highest BCUT2D eigenvalue weighted by Crippen LogP contribution is 2.25. The van der Waals surface area contributed by atoms with E-state index < -0.39 is 0 Å². The van der Waals surface area contributed by atoms with Crippen LogP contribution >= 0.6 is 22.9 Å². The topological polar surface area (TPSA) is 71.1 Å². The highest BCUT2D eigenvalue weighted by molar-refractivity contribution is 7.14. The number of halogens is 1. The number of anilines is 1. The molecule has 2 amide bonds. The first-order valence-corrected chi connectivity index (χ1v) is 10.5. The standard InChI is InChI=1S/C22H22ClN3O2S/c1-14-3-4-16(11-19(14)23)7-10-21(28)26-22-25-20(13-29-22)18-8-5-17(6-9-18)12-24-15(2)27/h3-6,8-9,11,13H,7,10,12H2,1-2H3,(H,24,27)(H,25,26,28). The summed E-state index contributed by atoms with van der Waals surface area (Å²) in [6, 6.07) is 13.7. The fourth-order valence-electron chi connectivity index (χ4n) is 2.72. The van der Waals surface area contributed by atoms with E-state index >= 15 is 0 Å². The van der Waals surface area contributed by atoms with Crippen molar-refractivity contribution in [2.24, 2.45) is 0 Å². The Hall–Kier alpha value is -2.70. The van der Waals surface area contributed by atoms with Gasteiger partial charge in [0.25, 0.3) is 0 Å². The molecule has 0 saturated heterocycles. The van der Waals surface area contributed by atoms with Crippen molar-refractivity contribution in [1.82, 2.24) is 10.3 Å². The van der Waals surface area contributed by atoms with Crippen molar-refractivity contribution in [3.8, 4) is 11.3 Å². The fourth-order valence-corrected chi connectivity index (χ4v) is 3.65. The van der Waals surface area contributed by atoms with Crippen LogP contribution in [0, 0.1) is 6.92 Å². The number of hydrogen-bond acceptors (Lipinski definition) is 4. The Kier molecular flexibility index (Phi) is 7.01. The zero-order valence-corrected chi connectivity index (χ0v) is 17.9. The van der Waals surface area contributed by atoms with E-state index in [0.29, 0.717) is 24.5 Å². The molecule has 0 bridgehead atoms. The summed E-state index contributed by atoms with van der Waals surface area (Å²) in [6.07, 6.45) is 0.992. The van der Waals surface area contributed by atoms with Crippen molar-refractivity contribution in [2.45, 2.75) is 33.2 Å². The van der Waals surface area contributed by atoms with Gasteiger partial charge in [-0.2, -0.15) is 0 Å². The Morgan fingerprint density at radius 1 is 1.10 bits per heavy atom. The zero-order chi connectivity index (χ0) is 20.8. The number of thiazole rings is 1. The first-order chi connectivity index (χ1) is 13.9. The second-order valence-corrected chi connectivity index (χ2v) is 8.04. The van der Waals surface area contributed by atoms with Crippen LogP contribution in [0.4, 0.5) is 5.13 Å². The molecule has 29 heavy (non-hydrogen) atoms. The van der Waals surface area contributed by atoms with Gasteiger partial charge in [0.05, 0.1) is 5.69 Å². The Morgan fingerprint density at radius 3 is 2.52 bits per heavy atom. The van der Waals surface area contributed by atoms with Gasteiger partial charge in [-0.15, -0.1) is 11.3 Å². The minimum atomic E-state index is -0.0757. The molecule has 7 heteroatoms. The summed E-state index contributed by atoms with van der Waals surface area (Å²) in [6.45, 7) is 3.95. The molecule has 0 aliphatic heterocycles. The van der Waals surface area contributed by atoms with E-state index in [9.17, 15) is 9.59 Å². The van der Waals surface area contributed by atoms with Crippen molar-refractivity contribution in [3.63, 3.8) is 0 Å². The van der Waals surface area contributed by atoms with E-state index in [-0.39, 0.29) is 11.8 Å². The van der Waals surface area contributed by atoms with Gasteiger partial charge >= 0.3 is 0 Å². The maximum absolute atomic E-state index is 12.2. The van der Waals surface area contributed by atoms with Crippen LogP contribution < -0.4 is 10.6 Å². The summed E-state index contributed by atoms with van der Waals surface area (Å²) in [5, 5.41) is 8.84. The molecule has 3 rings (SSSR count). The smallest absolute Gasteiger partial charge is 0.226 e. The number of carbonyl (C=O) groups is 2. The molecule has 3 aromatic rings.